The summed E-state index contributed by atoms with van der Waals surface area (Å²) in [7, 11) is 1.58. The van der Waals surface area contributed by atoms with Gasteiger partial charge in [0.15, 0.2) is 0 Å². The second kappa shape index (κ2) is 8.25. The quantitative estimate of drug-likeness (QED) is 0.754. The van der Waals surface area contributed by atoms with Crippen LogP contribution in [0, 0.1) is 6.92 Å². The molecule has 0 N–H and O–H groups in total. The number of carbonyl (C=O) groups excluding carboxylic acids is 1. The monoisotopic (exact) mass is 374 g/mol. The summed E-state index contributed by atoms with van der Waals surface area (Å²) in [4.78, 5) is 25.6. The Kier molecular flexibility index (Phi) is 5.99. The van der Waals surface area contributed by atoms with Gasteiger partial charge in [0.1, 0.15) is 5.82 Å². The number of aromatic nitrogens is 2. The molecular formula is C20H30N4O3. The summed E-state index contributed by atoms with van der Waals surface area (Å²) < 4.78 is 11.4. The number of amides is 1. The smallest absolute Gasteiger partial charge is 0.318 e. The van der Waals surface area contributed by atoms with Gasteiger partial charge in [0.25, 0.3) is 0 Å². The van der Waals surface area contributed by atoms with Crippen LogP contribution >= 0.6 is 0 Å². The van der Waals surface area contributed by atoms with Crippen molar-refractivity contribution in [2.75, 3.05) is 44.8 Å². The second-order valence-corrected chi connectivity index (χ2v) is 7.39. The first-order valence-electron chi connectivity index (χ1n) is 9.71. The van der Waals surface area contributed by atoms with Crippen LogP contribution in [0.1, 0.15) is 38.8 Å². The van der Waals surface area contributed by atoms with Crippen molar-refractivity contribution in [1.29, 1.82) is 0 Å². The number of piperidine rings is 1. The van der Waals surface area contributed by atoms with Crippen LogP contribution in [0.15, 0.2) is 17.7 Å². The average Bonchev–Trinajstić information content (AvgIpc) is 2.67. The minimum atomic E-state index is -0.247. The van der Waals surface area contributed by atoms with Crippen LogP contribution in [0.25, 0.3) is 0 Å². The molecule has 0 bridgehead atoms. The highest BCUT2D eigenvalue weighted by Crippen LogP contribution is 2.32. The molecule has 2 aliphatic heterocycles. The Balaban J connectivity index is 1.66. The van der Waals surface area contributed by atoms with Gasteiger partial charge in [0.05, 0.1) is 25.9 Å². The molecule has 0 atom stereocenters. The summed E-state index contributed by atoms with van der Waals surface area (Å²) in [6, 6.07) is 2.38. The maximum Gasteiger partial charge on any atom is 0.318 e. The molecule has 0 unspecified atom stereocenters. The van der Waals surface area contributed by atoms with Gasteiger partial charge in [-0.2, -0.15) is 4.98 Å². The van der Waals surface area contributed by atoms with E-state index in [1.165, 1.54) is 0 Å². The zero-order valence-electron chi connectivity index (χ0n) is 16.8. The van der Waals surface area contributed by atoms with E-state index in [0.29, 0.717) is 25.7 Å². The minimum Gasteiger partial charge on any atom is -0.467 e. The van der Waals surface area contributed by atoms with Gasteiger partial charge in [-0.25, -0.2) is 4.98 Å². The highest BCUT2D eigenvalue weighted by Gasteiger charge is 2.41. The molecule has 3 heterocycles. The van der Waals surface area contributed by atoms with Gasteiger partial charge in [-0.05, 0) is 33.1 Å². The van der Waals surface area contributed by atoms with Crippen molar-refractivity contribution in [1.82, 2.24) is 14.9 Å². The maximum absolute atomic E-state index is 12.7. The molecule has 148 valence electrons. The lowest BCUT2D eigenvalue weighted by Crippen LogP contribution is -2.58. The van der Waals surface area contributed by atoms with E-state index in [2.05, 4.69) is 21.8 Å². The third-order valence-electron chi connectivity index (χ3n) is 5.38. The molecule has 2 saturated heterocycles. The van der Waals surface area contributed by atoms with Crippen LogP contribution in [-0.2, 0) is 9.53 Å². The van der Waals surface area contributed by atoms with Gasteiger partial charge in [0.2, 0.25) is 5.91 Å². The van der Waals surface area contributed by atoms with Crippen molar-refractivity contribution < 1.29 is 14.3 Å². The normalized spacial score (nSPS) is 20.1. The van der Waals surface area contributed by atoms with Gasteiger partial charge >= 0.3 is 6.01 Å². The average molecular weight is 374 g/mol. The van der Waals surface area contributed by atoms with E-state index in [9.17, 15) is 4.79 Å². The highest BCUT2D eigenvalue weighted by atomic mass is 16.5. The van der Waals surface area contributed by atoms with Crippen molar-refractivity contribution in [2.24, 2.45) is 0 Å². The van der Waals surface area contributed by atoms with E-state index in [-0.39, 0.29) is 11.5 Å². The van der Waals surface area contributed by atoms with Crippen LogP contribution in [0.5, 0.6) is 6.01 Å². The fourth-order valence-corrected chi connectivity index (χ4v) is 3.89. The molecule has 1 aromatic rings. The zero-order valence-corrected chi connectivity index (χ0v) is 16.8. The predicted molar refractivity (Wildman–Crippen MR) is 104 cm³/mol. The van der Waals surface area contributed by atoms with E-state index in [4.69, 9.17) is 9.47 Å². The van der Waals surface area contributed by atoms with Crippen LogP contribution in [-0.4, -0.2) is 66.3 Å². The van der Waals surface area contributed by atoms with Crippen LogP contribution in [0.3, 0.4) is 0 Å². The van der Waals surface area contributed by atoms with Crippen molar-refractivity contribution in [3.63, 3.8) is 0 Å². The Morgan fingerprint density at radius 3 is 2.74 bits per heavy atom. The Hall–Kier alpha value is -2.15. The number of nitrogens with zero attached hydrogens (tertiary/aromatic N) is 4. The van der Waals surface area contributed by atoms with E-state index < -0.39 is 0 Å². The van der Waals surface area contributed by atoms with E-state index in [1.807, 2.05) is 30.9 Å². The summed E-state index contributed by atoms with van der Waals surface area (Å²) in [5.74, 6) is 1.03. The summed E-state index contributed by atoms with van der Waals surface area (Å²) in [5, 5.41) is 0. The lowest BCUT2D eigenvalue weighted by atomic mass is 9.89. The van der Waals surface area contributed by atoms with E-state index >= 15 is 0 Å². The molecule has 2 fully saturated rings. The van der Waals surface area contributed by atoms with Gasteiger partial charge in [-0.15, -0.1) is 0 Å². The number of allylic oxidation sites excluding steroid dienone is 1. The van der Waals surface area contributed by atoms with Crippen molar-refractivity contribution in [3.8, 4) is 6.01 Å². The molecule has 0 aromatic carbocycles. The number of hydrogen-bond donors (Lipinski definition) is 0. The number of aryl methyl sites for hydroxylation is 1. The Bertz CT molecular complexity index is 711. The third kappa shape index (κ3) is 4.40. The van der Waals surface area contributed by atoms with E-state index in [0.717, 1.165) is 49.4 Å². The Labute approximate surface area is 161 Å². The minimum absolute atomic E-state index is 0.137. The summed E-state index contributed by atoms with van der Waals surface area (Å²) in [5.41, 5.74) is 1.47. The zero-order chi connectivity index (χ0) is 19.4. The lowest BCUT2D eigenvalue weighted by Gasteiger charge is -2.47. The fourth-order valence-electron chi connectivity index (χ4n) is 3.89. The number of ether oxygens (including phenoxy) is 2. The molecule has 0 saturated carbocycles. The third-order valence-corrected chi connectivity index (χ3v) is 5.38. The lowest BCUT2D eigenvalue weighted by molar-refractivity contribution is -0.150. The molecule has 2 aliphatic rings. The van der Waals surface area contributed by atoms with Gasteiger partial charge in [-0.1, -0.05) is 13.0 Å². The van der Waals surface area contributed by atoms with E-state index in [1.54, 1.807) is 7.11 Å². The summed E-state index contributed by atoms with van der Waals surface area (Å²) in [6.45, 7) is 9.52. The topological polar surface area (TPSA) is 67.8 Å². The first kappa shape index (κ1) is 19.6. The fraction of sp³-hybridized carbons (Fsp3) is 0.650. The van der Waals surface area contributed by atoms with Gasteiger partial charge in [-0.3, -0.25) is 4.79 Å². The number of rotatable bonds is 4. The second-order valence-electron chi connectivity index (χ2n) is 7.39. The summed E-state index contributed by atoms with van der Waals surface area (Å²) in [6.07, 6.45) is 4.62. The molecular weight excluding hydrogens is 344 g/mol. The van der Waals surface area contributed by atoms with Crippen LogP contribution < -0.4 is 9.64 Å². The van der Waals surface area contributed by atoms with Crippen molar-refractivity contribution in [2.45, 2.75) is 45.6 Å². The Morgan fingerprint density at radius 1 is 1.33 bits per heavy atom. The number of anilines is 1. The number of methoxy groups -OCH3 is 1. The molecule has 1 aromatic heterocycles. The molecule has 3 rings (SSSR count). The van der Waals surface area contributed by atoms with Crippen LogP contribution in [0.4, 0.5) is 5.82 Å². The van der Waals surface area contributed by atoms with Crippen LogP contribution in [0.2, 0.25) is 0 Å². The Morgan fingerprint density at radius 2 is 2.07 bits per heavy atom. The number of hydrogen-bond acceptors (Lipinski definition) is 6. The first-order chi connectivity index (χ1) is 13.0. The van der Waals surface area contributed by atoms with Gasteiger partial charge < -0.3 is 19.3 Å². The van der Waals surface area contributed by atoms with Gasteiger partial charge in [0, 0.05) is 37.0 Å². The standard InChI is InChI=1S/C20H30N4O3/c1-5-6-15(2)18(25)24-11-12-27-20(14-24)7-9-23(10-8-20)17-13-16(3)21-19(22-17)26-4/h6,13H,5,7-12,14H2,1-4H3. The number of morpholine rings is 1. The number of carbonyl (C=O) groups is 1. The predicted octanol–water partition coefficient (Wildman–Crippen LogP) is 2.35. The maximum atomic E-state index is 12.7. The summed E-state index contributed by atoms with van der Waals surface area (Å²) >= 11 is 0. The molecule has 7 nitrogen and oxygen atoms in total. The largest absolute Gasteiger partial charge is 0.467 e. The molecule has 7 heteroatoms. The SMILES string of the molecule is CCC=C(C)C(=O)N1CCOC2(CCN(c3cc(C)nc(OC)n3)CC2)C1. The molecule has 1 spiro atoms. The van der Waals surface area contributed by atoms with Crippen molar-refractivity contribution >= 4 is 11.7 Å². The molecule has 0 radical (unpaired) electrons. The van der Waals surface area contributed by atoms with Crippen molar-refractivity contribution in [3.05, 3.63) is 23.4 Å². The first-order valence-corrected chi connectivity index (χ1v) is 9.71. The molecule has 1 amide bonds. The highest BCUT2D eigenvalue weighted by molar-refractivity contribution is 5.92. The molecule has 27 heavy (non-hydrogen) atoms. The molecule has 0 aliphatic carbocycles.